The Morgan fingerprint density at radius 3 is 2.78 bits per heavy atom. The fourth-order valence-corrected chi connectivity index (χ4v) is 2.34. The topological polar surface area (TPSA) is 75.4 Å². The van der Waals surface area contributed by atoms with Gasteiger partial charge in [0.2, 0.25) is 0 Å². The van der Waals surface area contributed by atoms with E-state index in [1.54, 1.807) is 19.1 Å². The van der Waals surface area contributed by atoms with Gasteiger partial charge in [0.05, 0.1) is 0 Å². The maximum absolute atomic E-state index is 12.0. The summed E-state index contributed by atoms with van der Waals surface area (Å²) >= 11 is 0. The van der Waals surface area contributed by atoms with Crippen LogP contribution in [0.2, 0.25) is 0 Å². The van der Waals surface area contributed by atoms with Gasteiger partial charge >= 0.3 is 0 Å². The van der Waals surface area contributed by atoms with Crippen LogP contribution in [-0.2, 0) is 0 Å². The number of hydrogen-bond donors (Lipinski definition) is 3. The third-order valence-electron chi connectivity index (χ3n) is 3.61. The summed E-state index contributed by atoms with van der Waals surface area (Å²) < 4.78 is 0. The molecule has 2 rings (SSSR count). The van der Waals surface area contributed by atoms with E-state index in [-0.39, 0.29) is 23.7 Å². The maximum atomic E-state index is 12.0. The van der Waals surface area contributed by atoms with Crippen molar-refractivity contribution in [2.45, 2.75) is 44.7 Å². The average molecular weight is 248 g/mol. The molecule has 1 aromatic carbocycles. The second-order valence-electron chi connectivity index (χ2n) is 5.03. The number of carbonyl (C=O) groups is 1. The quantitative estimate of drug-likeness (QED) is 0.745. The Hall–Kier alpha value is -1.55. The summed E-state index contributed by atoms with van der Waals surface area (Å²) in [6.07, 6.45) is 4.14. The first-order chi connectivity index (χ1) is 8.58. The highest BCUT2D eigenvalue weighted by molar-refractivity contribution is 5.94. The zero-order valence-electron chi connectivity index (χ0n) is 10.6. The van der Waals surface area contributed by atoms with Gasteiger partial charge in [-0.3, -0.25) is 4.79 Å². The molecule has 4 N–H and O–H groups in total. The van der Waals surface area contributed by atoms with Crippen LogP contribution in [0.25, 0.3) is 0 Å². The average Bonchev–Trinajstić information content (AvgIpc) is 2.35. The number of amides is 1. The van der Waals surface area contributed by atoms with E-state index in [2.05, 4.69) is 5.32 Å². The molecule has 4 nitrogen and oxygen atoms in total. The Morgan fingerprint density at radius 2 is 2.11 bits per heavy atom. The number of aryl methyl sites for hydroxylation is 1. The second-order valence-corrected chi connectivity index (χ2v) is 5.03. The van der Waals surface area contributed by atoms with Gasteiger partial charge in [0.25, 0.3) is 5.91 Å². The molecule has 1 aliphatic carbocycles. The number of nitrogens with two attached hydrogens (primary N) is 1. The number of aromatic hydroxyl groups is 1. The lowest BCUT2D eigenvalue weighted by molar-refractivity contribution is 0.0921. The van der Waals surface area contributed by atoms with Crippen molar-refractivity contribution in [2.24, 2.45) is 5.73 Å². The molecule has 1 aliphatic rings. The third-order valence-corrected chi connectivity index (χ3v) is 3.61. The number of rotatable bonds is 2. The van der Waals surface area contributed by atoms with Crippen molar-refractivity contribution in [2.75, 3.05) is 0 Å². The number of hydrogen-bond acceptors (Lipinski definition) is 3. The third kappa shape index (κ3) is 2.82. The molecule has 4 heteroatoms. The Kier molecular flexibility index (Phi) is 3.87. The summed E-state index contributed by atoms with van der Waals surface area (Å²) in [6.45, 7) is 1.80. The minimum atomic E-state index is -0.160. The van der Waals surface area contributed by atoms with E-state index in [0.29, 0.717) is 5.56 Å². The molecule has 1 aromatic rings. The molecule has 1 fully saturated rings. The molecule has 98 valence electrons. The smallest absolute Gasteiger partial charge is 0.251 e. The summed E-state index contributed by atoms with van der Waals surface area (Å²) in [5.41, 5.74) is 7.24. The Balaban J connectivity index is 2.04. The molecule has 0 radical (unpaired) electrons. The minimum absolute atomic E-state index is 0.0433. The van der Waals surface area contributed by atoms with E-state index in [1.807, 2.05) is 0 Å². The number of phenols is 1. The minimum Gasteiger partial charge on any atom is -0.508 e. The zero-order chi connectivity index (χ0) is 13.1. The maximum Gasteiger partial charge on any atom is 0.251 e. The van der Waals surface area contributed by atoms with Crippen molar-refractivity contribution in [3.05, 3.63) is 29.3 Å². The molecule has 0 saturated heterocycles. The van der Waals surface area contributed by atoms with Crippen molar-refractivity contribution >= 4 is 5.91 Å². The van der Waals surface area contributed by atoms with E-state index in [4.69, 9.17) is 5.73 Å². The van der Waals surface area contributed by atoms with Crippen molar-refractivity contribution in [3.8, 4) is 5.75 Å². The molecule has 18 heavy (non-hydrogen) atoms. The molecule has 1 amide bonds. The molecule has 0 aromatic heterocycles. The largest absolute Gasteiger partial charge is 0.508 e. The lowest BCUT2D eigenvalue weighted by atomic mass is 9.91. The molecule has 0 aliphatic heterocycles. The monoisotopic (exact) mass is 248 g/mol. The highest BCUT2D eigenvalue weighted by Crippen LogP contribution is 2.19. The molecule has 0 heterocycles. The van der Waals surface area contributed by atoms with Crippen LogP contribution in [0.4, 0.5) is 0 Å². The van der Waals surface area contributed by atoms with Gasteiger partial charge in [0.1, 0.15) is 5.75 Å². The first-order valence-electron chi connectivity index (χ1n) is 6.44. The predicted octanol–water partition coefficient (Wildman–Crippen LogP) is 1.70. The van der Waals surface area contributed by atoms with Gasteiger partial charge in [-0.05, 0) is 37.5 Å². The fourth-order valence-electron chi connectivity index (χ4n) is 2.34. The van der Waals surface area contributed by atoms with E-state index >= 15 is 0 Å². The number of nitrogens with one attached hydrogen (secondary N) is 1. The molecule has 2 atom stereocenters. The Labute approximate surface area is 107 Å². The van der Waals surface area contributed by atoms with E-state index in [9.17, 15) is 9.90 Å². The van der Waals surface area contributed by atoms with Crippen LogP contribution < -0.4 is 11.1 Å². The summed E-state index contributed by atoms with van der Waals surface area (Å²) in [4.78, 5) is 12.0. The van der Waals surface area contributed by atoms with Crippen molar-refractivity contribution in [1.29, 1.82) is 0 Å². The van der Waals surface area contributed by atoms with Crippen LogP contribution in [0, 0.1) is 6.92 Å². The van der Waals surface area contributed by atoms with Crippen molar-refractivity contribution in [1.82, 2.24) is 5.32 Å². The van der Waals surface area contributed by atoms with Gasteiger partial charge in [-0.25, -0.2) is 0 Å². The van der Waals surface area contributed by atoms with Crippen molar-refractivity contribution in [3.63, 3.8) is 0 Å². The molecule has 0 unspecified atom stereocenters. The lowest BCUT2D eigenvalue weighted by Crippen LogP contribution is -2.49. The first kappa shape index (κ1) is 12.9. The van der Waals surface area contributed by atoms with Gasteiger partial charge < -0.3 is 16.2 Å². The van der Waals surface area contributed by atoms with Gasteiger partial charge in [-0.2, -0.15) is 0 Å². The molecule has 0 bridgehead atoms. The van der Waals surface area contributed by atoms with Crippen LogP contribution in [0.1, 0.15) is 41.6 Å². The normalized spacial score (nSPS) is 23.7. The van der Waals surface area contributed by atoms with Crippen LogP contribution in [0.5, 0.6) is 5.75 Å². The fraction of sp³-hybridized carbons (Fsp3) is 0.500. The Bertz CT molecular complexity index is 445. The van der Waals surface area contributed by atoms with Gasteiger partial charge in [0.15, 0.2) is 0 Å². The number of benzene rings is 1. The molecular weight excluding hydrogens is 228 g/mol. The van der Waals surface area contributed by atoms with Crippen LogP contribution >= 0.6 is 0 Å². The van der Waals surface area contributed by atoms with Crippen LogP contribution in [0.15, 0.2) is 18.2 Å². The summed E-state index contributed by atoms with van der Waals surface area (Å²) in [6, 6.07) is 5.06. The SMILES string of the molecule is Cc1ccc(C(=O)N[C@@H]2CCCC[C@H]2N)cc1O. The Morgan fingerprint density at radius 1 is 1.39 bits per heavy atom. The summed E-state index contributed by atoms with van der Waals surface area (Å²) in [5.74, 6) is -0.0109. The highest BCUT2D eigenvalue weighted by Gasteiger charge is 2.23. The predicted molar refractivity (Wildman–Crippen MR) is 70.5 cm³/mol. The van der Waals surface area contributed by atoms with Gasteiger partial charge in [-0.15, -0.1) is 0 Å². The van der Waals surface area contributed by atoms with Crippen LogP contribution in [0.3, 0.4) is 0 Å². The first-order valence-corrected chi connectivity index (χ1v) is 6.44. The second kappa shape index (κ2) is 5.40. The number of carbonyl (C=O) groups excluding carboxylic acids is 1. The molecule has 1 saturated carbocycles. The zero-order valence-corrected chi connectivity index (χ0v) is 10.6. The van der Waals surface area contributed by atoms with E-state index in [1.165, 1.54) is 6.07 Å². The van der Waals surface area contributed by atoms with Gasteiger partial charge in [0, 0.05) is 17.6 Å². The summed E-state index contributed by atoms with van der Waals surface area (Å²) in [7, 11) is 0. The van der Waals surface area contributed by atoms with Crippen molar-refractivity contribution < 1.29 is 9.90 Å². The van der Waals surface area contributed by atoms with Crippen LogP contribution in [-0.4, -0.2) is 23.1 Å². The lowest BCUT2D eigenvalue weighted by Gasteiger charge is -2.29. The van der Waals surface area contributed by atoms with E-state index < -0.39 is 0 Å². The molecular formula is C14H20N2O2. The van der Waals surface area contributed by atoms with Gasteiger partial charge in [-0.1, -0.05) is 18.9 Å². The highest BCUT2D eigenvalue weighted by atomic mass is 16.3. The molecule has 0 spiro atoms. The number of phenolic OH excluding ortho intramolecular Hbond substituents is 1. The van der Waals surface area contributed by atoms with E-state index in [0.717, 1.165) is 31.2 Å². The summed E-state index contributed by atoms with van der Waals surface area (Å²) in [5, 5.41) is 12.6. The standard InChI is InChI=1S/C14H20N2O2/c1-9-6-7-10(8-13(9)17)14(18)16-12-5-3-2-4-11(12)15/h6-8,11-12,17H,2-5,15H2,1H3,(H,16,18)/t11-,12-/m1/s1.